The molecular formula is C8H12NO2+. The van der Waals surface area contributed by atoms with Crippen molar-refractivity contribution in [1.29, 1.82) is 0 Å². The van der Waals surface area contributed by atoms with Gasteiger partial charge < -0.3 is 9.47 Å². The molecular weight excluding hydrogens is 142 g/mol. The van der Waals surface area contributed by atoms with Gasteiger partial charge in [0, 0.05) is 6.07 Å². The van der Waals surface area contributed by atoms with E-state index in [9.17, 15) is 0 Å². The van der Waals surface area contributed by atoms with Crippen molar-refractivity contribution in [3.8, 4) is 11.6 Å². The van der Waals surface area contributed by atoms with Crippen LogP contribution in [0.25, 0.3) is 0 Å². The Labute approximate surface area is 66.2 Å². The summed E-state index contributed by atoms with van der Waals surface area (Å²) >= 11 is 0. The van der Waals surface area contributed by atoms with Crippen LogP contribution in [-0.2, 0) is 7.05 Å². The monoisotopic (exact) mass is 154 g/mol. The molecule has 1 heterocycles. The molecule has 11 heavy (non-hydrogen) atoms. The summed E-state index contributed by atoms with van der Waals surface area (Å²) in [4.78, 5) is 0. The zero-order valence-electron chi connectivity index (χ0n) is 7.00. The molecule has 3 heteroatoms. The first-order valence-electron chi connectivity index (χ1n) is 3.35. The fraction of sp³-hybridized carbons (Fsp3) is 0.375. The Hall–Kier alpha value is -1.25. The number of ether oxygens (including phenoxy) is 2. The van der Waals surface area contributed by atoms with E-state index in [1.807, 2.05) is 29.9 Å². The first-order valence-corrected chi connectivity index (χ1v) is 3.35. The van der Waals surface area contributed by atoms with E-state index >= 15 is 0 Å². The maximum atomic E-state index is 5.07. The molecule has 0 aliphatic rings. The lowest BCUT2D eigenvalue weighted by molar-refractivity contribution is -0.676. The third-order valence-corrected chi connectivity index (χ3v) is 1.52. The Bertz CT molecular complexity index is 248. The first-order chi connectivity index (χ1) is 5.27. The topological polar surface area (TPSA) is 22.3 Å². The number of pyridine rings is 1. The summed E-state index contributed by atoms with van der Waals surface area (Å²) in [7, 11) is 5.18. The highest BCUT2D eigenvalue weighted by atomic mass is 16.5. The summed E-state index contributed by atoms with van der Waals surface area (Å²) in [6, 6.07) is 3.71. The highest BCUT2D eigenvalue weighted by Crippen LogP contribution is 2.12. The summed E-state index contributed by atoms with van der Waals surface area (Å²) in [5.74, 6) is 1.59. The van der Waals surface area contributed by atoms with E-state index in [0.29, 0.717) is 0 Å². The van der Waals surface area contributed by atoms with Gasteiger partial charge in [-0.1, -0.05) is 0 Å². The zero-order chi connectivity index (χ0) is 8.27. The average Bonchev–Trinajstić information content (AvgIpc) is 2.05. The Morgan fingerprint density at radius 2 is 2.00 bits per heavy atom. The summed E-state index contributed by atoms with van der Waals surface area (Å²) in [6.07, 6.45) is 1.89. The Morgan fingerprint density at radius 1 is 1.27 bits per heavy atom. The Balaban J connectivity index is 3.02. The van der Waals surface area contributed by atoms with Gasteiger partial charge in [0.15, 0.2) is 6.20 Å². The molecule has 0 atom stereocenters. The number of aromatic nitrogens is 1. The lowest BCUT2D eigenvalue weighted by atomic mass is 10.4. The predicted octanol–water partition coefficient (Wildman–Crippen LogP) is 0.528. The highest BCUT2D eigenvalue weighted by Gasteiger charge is 2.06. The van der Waals surface area contributed by atoms with E-state index in [1.165, 1.54) is 0 Å². The molecule has 0 saturated heterocycles. The van der Waals surface area contributed by atoms with Crippen LogP contribution < -0.4 is 14.0 Å². The minimum Gasteiger partial charge on any atom is -0.496 e. The molecule has 0 aliphatic carbocycles. The van der Waals surface area contributed by atoms with Gasteiger partial charge in [-0.3, -0.25) is 0 Å². The van der Waals surface area contributed by atoms with E-state index in [1.54, 1.807) is 14.2 Å². The van der Waals surface area contributed by atoms with Gasteiger partial charge in [0.2, 0.25) is 0 Å². The Kier molecular flexibility index (Phi) is 2.31. The van der Waals surface area contributed by atoms with Crippen molar-refractivity contribution in [2.45, 2.75) is 0 Å². The molecule has 3 nitrogen and oxygen atoms in total. The fourth-order valence-corrected chi connectivity index (χ4v) is 0.860. The van der Waals surface area contributed by atoms with Crippen LogP contribution in [0, 0.1) is 0 Å². The molecule has 0 N–H and O–H groups in total. The van der Waals surface area contributed by atoms with Crippen LogP contribution in [0.2, 0.25) is 0 Å². The SMILES string of the molecule is COc1cc[n+](C)c(OC)c1. The number of aryl methyl sites for hydroxylation is 1. The molecule has 0 fully saturated rings. The third kappa shape index (κ3) is 1.61. The fourth-order valence-electron chi connectivity index (χ4n) is 0.860. The van der Waals surface area contributed by atoms with Gasteiger partial charge in [0.25, 0.3) is 0 Å². The second-order valence-electron chi connectivity index (χ2n) is 2.22. The molecule has 0 saturated carbocycles. The van der Waals surface area contributed by atoms with Gasteiger partial charge in [-0.15, -0.1) is 0 Å². The highest BCUT2D eigenvalue weighted by molar-refractivity contribution is 5.21. The number of nitrogens with zero attached hydrogens (tertiary/aromatic N) is 1. The van der Waals surface area contributed by atoms with Crippen LogP contribution >= 0.6 is 0 Å². The first kappa shape index (κ1) is 7.85. The summed E-state index contributed by atoms with van der Waals surface area (Å²) < 4.78 is 12.0. The maximum absolute atomic E-state index is 5.07. The van der Waals surface area contributed by atoms with Crippen LogP contribution in [0.15, 0.2) is 18.3 Å². The van der Waals surface area contributed by atoms with Crippen molar-refractivity contribution in [1.82, 2.24) is 0 Å². The van der Waals surface area contributed by atoms with E-state index in [-0.39, 0.29) is 0 Å². The minimum absolute atomic E-state index is 0.782. The molecule has 1 aromatic heterocycles. The second kappa shape index (κ2) is 3.23. The normalized spacial score (nSPS) is 9.36. The minimum atomic E-state index is 0.782. The summed E-state index contributed by atoms with van der Waals surface area (Å²) in [5, 5.41) is 0. The molecule has 1 aromatic rings. The molecule has 0 unspecified atom stereocenters. The molecule has 0 radical (unpaired) electrons. The molecule has 60 valence electrons. The molecule has 0 aromatic carbocycles. The van der Waals surface area contributed by atoms with Gasteiger partial charge in [-0.05, 0) is 0 Å². The van der Waals surface area contributed by atoms with Crippen LogP contribution in [-0.4, -0.2) is 14.2 Å². The van der Waals surface area contributed by atoms with Crippen molar-refractivity contribution in [2.24, 2.45) is 7.05 Å². The molecule has 1 rings (SSSR count). The zero-order valence-corrected chi connectivity index (χ0v) is 7.00. The maximum Gasteiger partial charge on any atom is 0.371 e. The van der Waals surface area contributed by atoms with E-state index in [2.05, 4.69) is 0 Å². The standard InChI is InChI=1S/C8H12NO2/c1-9-5-4-7(10-2)6-8(9)11-3/h4-6H,1-3H3/q+1. The quantitative estimate of drug-likeness (QED) is 0.580. The molecule has 0 bridgehead atoms. The van der Waals surface area contributed by atoms with Crippen LogP contribution in [0.4, 0.5) is 0 Å². The molecule has 0 spiro atoms. The Morgan fingerprint density at radius 3 is 2.55 bits per heavy atom. The van der Waals surface area contributed by atoms with Crippen molar-refractivity contribution in [3.63, 3.8) is 0 Å². The van der Waals surface area contributed by atoms with Crippen LogP contribution in [0.5, 0.6) is 11.6 Å². The number of hydrogen-bond donors (Lipinski definition) is 0. The number of rotatable bonds is 2. The van der Waals surface area contributed by atoms with Gasteiger partial charge in [0.1, 0.15) is 12.8 Å². The van der Waals surface area contributed by atoms with Gasteiger partial charge in [-0.25, -0.2) is 0 Å². The number of hydrogen-bond acceptors (Lipinski definition) is 2. The smallest absolute Gasteiger partial charge is 0.371 e. The lowest BCUT2D eigenvalue weighted by Gasteiger charge is -2.00. The number of methoxy groups -OCH3 is 2. The molecule has 0 aliphatic heterocycles. The van der Waals surface area contributed by atoms with Crippen LogP contribution in [0.1, 0.15) is 0 Å². The summed E-state index contributed by atoms with van der Waals surface area (Å²) in [5.41, 5.74) is 0. The van der Waals surface area contributed by atoms with E-state index in [0.717, 1.165) is 11.6 Å². The van der Waals surface area contributed by atoms with Gasteiger partial charge >= 0.3 is 5.88 Å². The lowest BCUT2D eigenvalue weighted by Crippen LogP contribution is -2.29. The van der Waals surface area contributed by atoms with E-state index < -0.39 is 0 Å². The predicted molar refractivity (Wildman–Crippen MR) is 40.7 cm³/mol. The second-order valence-corrected chi connectivity index (χ2v) is 2.22. The van der Waals surface area contributed by atoms with Crippen molar-refractivity contribution < 1.29 is 14.0 Å². The molecule has 0 amide bonds. The average molecular weight is 154 g/mol. The van der Waals surface area contributed by atoms with Gasteiger partial charge in [0.05, 0.1) is 20.3 Å². The van der Waals surface area contributed by atoms with Crippen molar-refractivity contribution in [2.75, 3.05) is 14.2 Å². The van der Waals surface area contributed by atoms with Crippen LogP contribution in [0.3, 0.4) is 0 Å². The summed E-state index contributed by atoms with van der Waals surface area (Å²) in [6.45, 7) is 0. The van der Waals surface area contributed by atoms with E-state index in [4.69, 9.17) is 9.47 Å². The third-order valence-electron chi connectivity index (χ3n) is 1.52. The largest absolute Gasteiger partial charge is 0.496 e. The van der Waals surface area contributed by atoms with Gasteiger partial charge in [-0.2, -0.15) is 4.57 Å². The van der Waals surface area contributed by atoms with Crippen molar-refractivity contribution >= 4 is 0 Å². The van der Waals surface area contributed by atoms with Crippen molar-refractivity contribution in [3.05, 3.63) is 18.3 Å².